The lowest BCUT2D eigenvalue weighted by Gasteiger charge is -2.19. The molecule has 2 heteroatoms. The van der Waals surface area contributed by atoms with Crippen LogP contribution in [0.2, 0.25) is 0 Å². The van der Waals surface area contributed by atoms with Crippen LogP contribution in [-0.2, 0) is 4.74 Å². The van der Waals surface area contributed by atoms with Crippen molar-refractivity contribution in [1.82, 2.24) is 4.90 Å². The van der Waals surface area contributed by atoms with Gasteiger partial charge in [0.05, 0.1) is 6.61 Å². The molecule has 2 aliphatic rings. The first-order valence-corrected chi connectivity index (χ1v) is 4.50. The molecule has 2 aliphatic heterocycles. The lowest BCUT2D eigenvalue weighted by molar-refractivity contribution is 0.154. The lowest BCUT2D eigenvalue weighted by Crippen LogP contribution is -2.25. The van der Waals surface area contributed by atoms with E-state index in [0.717, 1.165) is 19.3 Å². The van der Waals surface area contributed by atoms with E-state index in [-0.39, 0.29) is 0 Å². The van der Waals surface area contributed by atoms with E-state index in [1.54, 1.807) is 0 Å². The summed E-state index contributed by atoms with van der Waals surface area (Å²) in [7, 11) is 2.22. The van der Waals surface area contributed by atoms with E-state index in [9.17, 15) is 0 Å². The summed E-state index contributed by atoms with van der Waals surface area (Å²) in [6.07, 6.45) is 2.62. The van der Waals surface area contributed by atoms with Crippen molar-refractivity contribution in [2.75, 3.05) is 26.8 Å². The maximum atomic E-state index is 5.45. The Hall–Kier alpha value is -0.0800. The van der Waals surface area contributed by atoms with Crippen molar-refractivity contribution < 1.29 is 4.74 Å². The zero-order valence-corrected chi connectivity index (χ0v) is 7.47. The first-order valence-electron chi connectivity index (χ1n) is 4.50. The minimum absolute atomic E-state index is 0.536. The summed E-state index contributed by atoms with van der Waals surface area (Å²) in [5.41, 5.74) is 0.536. The van der Waals surface area contributed by atoms with Gasteiger partial charge < -0.3 is 9.64 Å². The van der Waals surface area contributed by atoms with Gasteiger partial charge in [0.15, 0.2) is 0 Å². The number of nitrogens with zero attached hydrogens (tertiary/aromatic N) is 1. The molecule has 0 amide bonds. The monoisotopic (exact) mass is 155 g/mol. The molecule has 2 saturated heterocycles. The molecule has 64 valence electrons. The molecule has 0 aromatic heterocycles. The van der Waals surface area contributed by atoms with Gasteiger partial charge in [-0.2, -0.15) is 0 Å². The number of rotatable bonds is 0. The van der Waals surface area contributed by atoms with Crippen LogP contribution in [-0.4, -0.2) is 37.7 Å². The van der Waals surface area contributed by atoms with E-state index in [1.807, 2.05) is 0 Å². The summed E-state index contributed by atoms with van der Waals surface area (Å²) in [5, 5.41) is 0. The van der Waals surface area contributed by atoms with Crippen LogP contribution in [0.5, 0.6) is 0 Å². The molecule has 0 saturated carbocycles. The Morgan fingerprint density at radius 3 is 2.82 bits per heavy atom. The molecular formula is C9H17NO. The molecule has 2 fully saturated rings. The van der Waals surface area contributed by atoms with Crippen molar-refractivity contribution in [3.63, 3.8) is 0 Å². The average molecular weight is 155 g/mol. The fourth-order valence-corrected chi connectivity index (χ4v) is 2.47. The minimum Gasteiger partial charge on any atom is -0.381 e. The smallest absolute Gasteiger partial charge is 0.0536 e. The highest BCUT2D eigenvalue weighted by Crippen LogP contribution is 2.40. The van der Waals surface area contributed by atoms with Crippen LogP contribution in [0.1, 0.15) is 19.8 Å². The van der Waals surface area contributed by atoms with E-state index < -0.39 is 0 Å². The third-order valence-electron chi connectivity index (χ3n) is 3.25. The Balaban J connectivity index is 2.06. The molecule has 11 heavy (non-hydrogen) atoms. The van der Waals surface area contributed by atoms with Gasteiger partial charge in [0.2, 0.25) is 0 Å². The maximum absolute atomic E-state index is 5.45. The van der Waals surface area contributed by atoms with Gasteiger partial charge in [-0.25, -0.2) is 0 Å². The van der Waals surface area contributed by atoms with Gasteiger partial charge in [-0.15, -0.1) is 0 Å². The van der Waals surface area contributed by atoms with Gasteiger partial charge in [0.1, 0.15) is 0 Å². The van der Waals surface area contributed by atoms with Crippen LogP contribution in [0.25, 0.3) is 0 Å². The van der Waals surface area contributed by atoms with E-state index in [0.29, 0.717) is 5.41 Å². The Morgan fingerprint density at radius 1 is 1.55 bits per heavy atom. The second-order valence-corrected chi connectivity index (χ2v) is 4.27. The largest absolute Gasteiger partial charge is 0.381 e. The molecule has 0 N–H and O–H groups in total. The van der Waals surface area contributed by atoms with Gasteiger partial charge >= 0.3 is 0 Å². The Morgan fingerprint density at radius 2 is 2.36 bits per heavy atom. The first-order chi connectivity index (χ1) is 5.22. The van der Waals surface area contributed by atoms with Crippen molar-refractivity contribution in [3.05, 3.63) is 0 Å². The van der Waals surface area contributed by atoms with E-state index in [4.69, 9.17) is 4.74 Å². The van der Waals surface area contributed by atoms with Gasteiger partial charge in [-0.1, -0.05) is 0 Å². The van der Waals surface area contributed by atoms with Crippen molar-refractivity contribution in [2.24, 2.45) is 5.41 Å². The van der Waals surface area contributed by atoms with E-state index in [1.165, 1.54) is 19.4 Å². The predicted octanol–water partition coefficient (Wildman–Crippen LogP) is 1.12. The van der Waals surface area contributed by atoms with Gasteiger partial charge in [0.25, 0.3) is 0 Å². The standard InChI is InChI=1S/C9H17NO/c1-8-5-9(6-10(8)2)3-4-11-7-9/h8H,3-7H2,1-2H3. The minimum atomic E-state index is 0.536. The van der Waals surface area contributed by atoms with Crippen LogP contribution < -0.4 is 0 Å². The highest BCUT2D eigenvalue weighted by Gasteiger charge is 2.43. The summed E-state index contributed by atoms with van der Waals surface area (Å²) in [5.74, 6) is 0. The molecule has 0 bridgehead atoms. The Kier molecular flexibility index (Phi) is 1.69. The van der Waals surface area contributed by atoms with Crippen molar-refractivity contribution >= 4 is 0 Å². The fourth-order valence-electron chi connectivity index (χ4n) is 2.47. The normalized spacial score (nSPS) is 45.8. The molecule has 2 heterocycles. The molecule has 2 unspecified atom stereocenters. The van der Waals surface area contributed by atoms with Crippen LogP contribution in [0, 0.1) is 5.41 Å². The molecule has 1 spiro atoms. The molecule has 2 atom stereocenters. The third kappa shape index (κ3) is 1.18. The fraction of sp³-hybridized carbons (Fsp3) is 1.00. The third-order valence-corrected chi connectivity index (χ3v) is 3.25. The van der Waals surface area contributed by atoms with Crippen LogP contribution in [0.4, 0.5) is 0 Å². The van der Waals surface area contributed by atoms with Crippen LogP contribution in [0.15, 0.2) is 0 Å². The van der Waals surface area contributed by atoms with Crippen LogP contribution in [0.3, 0.4) is 0 Å². The molecule has 2 nitrogen and oxygen atoms in total. The zero-order valence-electron chi connectivity index (χ0n) is 7.47. The molecule has 0 radical (unpaired) electrons. The number of likely N-dealkylation sites (tertiary alicyclic amines) is 1. The quantitative estimate of drug-likeness (QED) is 0.519. The summed E-state index contributed by atoms with van der Waals surface area (Å²) in [6.45, 7) is 5.55. The highest BCUT2D eigenvalue weighted by atomic mass is 16.5. The number of hydrogen-bond donors (Lipinski definition) is 0. The predicted molar refractivity (Wildman–Crippen MR) is 44.6 cm³/mol. The van der Waals surface area contributed by atoms with Crippen LogP contribution >= 0.6 is 0 Å². The topological polar surface area (TPSA) is 12.5 Å². The van der Waals surface area contributed by atoms with Gasteiger partial charge in [-0.3, -0.25) is 0 Å². The summed E-state index contributed by atoms with van der Waals surface area (Å²) in [4.78, 5) is 2.45. The second kappa shape index (κ2) is 2.46. The average Bonchev–Trinajstić information content (AvgIpc) is 2.46. The highest BCUT2D eigenvalue weighted by molar-refractivity contribution is 4.95. The van der Waals surface area contributed by atoms with E-state index >= 15 is 0 Å². The van der Waals surface area contributed by atoms with Gasteiger partial charge in [-0.05, 0) is 26.8 Å². The Labute approximate surface area is 68.5 Å². The zero-order chi connectivity index (χ0) is 7.90. The molecule has 0 aliphatic carbocycles. The molecule has 2 rings (SSSR count). The molecular weight excluding hydrogens is 138 g/mol. The number of hydrogen-bond acceptors (Lipinski definition) is 2. The lowest BCUT2D eigenvalue weighted by atomic mass is 9.85. The summed E-state index contributed by atoms with van der Waals surface area (Å²) < 4.78 is 5.45. The van der Waals surface area contributed by atoms with Crippen molar-refractivity contribution in [2.45, 2.75) is 25.8 Å². The number of ether oxygens (including phenoxy) is 1. The maximum Gasteiger partial charge on any atom is 0.0536 e. The molecule has 0 aromatic rings. The SMILES string of the molecule is CC1CC2(CCOC2)CN1C. The first kappa shape index (κ1) is 7.56. The van der Waals surface area contributed by atoms with Crippen molar-refractivity contribution in [1.29, 1.82) is 0 Å². The van der Waals surface area contributed by atoms with E-state index in [2.05, 4.69) is 18.9 Å². The summed E-state index contributed by atoms with van der Waals surface area (Å²) >= 11 is 0. The molecule has 0 aromatic carbocycles. The van der Waals surface area contributed by atoms with Gasteiger partial charge in [0, 0.05) is 24.6 Å². The van der Waals surface area contributed by atoms with Crippen molar-refractivity contribution in [3.8, 4) is 0 Å². The second-order valence-electron chi connectivity index (χ2n) is 4.27. The Bertz CT molecular complexity index is 140. The summed E-state index contributed by atoms with van der Waals surface area (Å²) in [6, 6.07) is 0.761.